The van der Waals surface area contributed by atoms with Crippen LogP contribution in [0.3, 0.4) is 0 Å². The maximum absolute atomic E-state index is 12.6. The number of benzene rings is 3. The zero-order valence-corrected chi connectivity index (χ0v) is 16.0. The molecular weight excluding hydrogens is 384 g/mol. The SMILES string of the molecule is O=C(Nc1ccccc1C(=O)NCCNc1ccccc1[N+](=O)[O-])c1ccccc1. The summed E-state index contributed by atoms with van der Waals surface area (Å²) in [6, 6.07) is 21.7. The van der Waals surface area contributed by atoms with Crippen LogP contribution in [0.15, 0.2) is 78.9 Å². The molecule has 8 nitrogen and oxygen atoms in total. The third-order valence-corrected chi connectivity index (χ3v) is 4.28. The summed E-state index contributed by atoms with van der Waals surface area (Å²) in [5, 5.41) is 19.5. The fourth-order valence-corrected chi connectivity index (χ4v) is 2.82. The number of hydrogen-bond acceptors (Lipinski definition) is 5. The van der Waals surface area contributed by atoms with Crippen molar-refractivity contribution in [1.29, 1.82) is 0 Å². The molecule has 0 saturated heterocycles. The zero-order chi connectivity index (χ0) is 21.3. The van der Waals surface area contributed by atoms with Crippen molar-refractivity contribution in [3.63, 3.8) is 0 Å². The molecule has 3 aromatic rings. The van der Waals surface area contributed by atoms with Gasteiger partial charge in [-0.25, -0.2) is 0 Å². The molecule has 3 aromatic carbocycles. The van der Waals surface area contributed by atoms with Gasteiger partial charge < -0.3 is 16.0 Å². The summed E-state index contributed by atoms with van der Waals surface area (Å²) in [5.74, 6) is -0.669. The van der Waals surface area contributed by atoms with Gasteiger partial charge in [0.25, 0.3) is 17.5 Å². The molecule has 3 N–H and O–H groups in total. The molecule has 0 spiro atoms. The van der Waals surface area contributed by atoms with Crippen LogP contribution in [-0.4, -0.2) is 29.8 Å². The maximum atomic E-state index is 12.6. The van der Waals surface area contributed by atoms with E-state index in [4.69, 9.17) is 0 Å². The third-order valence-electron chi connectivity index (χ3n) is 4.28. The zero-order valence-electron chi connectivity index (χ0n) is 16.0. The summed E-state index contributed by atoms with van der Waals surface area (Å²) in [6.45, 7) is 0.543. The first-order chi connectivity index (χ1) is 14.6. The Morgan fingerprint density at radius 3 is 2.13 bits per heavy atom. The lowest BCUT2D eigenvalue weighted by Gasteiger charge is -2.12. The molecule has 0 aromatic heterocycles. The Hall–Kier alpha value is -4.20. The van der Waals surface area contributed by atoms with Crippen molar-refractivity contribution in [1.82, 2.24) is 5.32 Å². The molecule has 3 rings (SSSR count). The Kier molecular flexibility index (Phi) is 6.73. The van der Waals surface area contributed by atoms with Crippen LogP contribution in [-0.2, 0) is 0 Å². The van der Waals surface area contributed by atoms with E-state index in [0.29, 0.717) is 29.0 Å². The van der Waals surface area contributed by atoms with Crippen LogP contribution in [0.5, 0.6) is 0 Å². The number of nitrogens with zero attached hydrogens (tertiary/aromatic N) is 1. The average molecular weight is 404 g/mol. The quantitative estimate of drug-likeness (QED) is 0.301. The largest absolute Gasteiger partial charge is 0.378 e. The fourth-order valence-electron chi connectivity index (χ4n) is 2.82. The number of nitrogens with one attached hydrogen (secondary N) is 3. The van der Waals surface area contributed by atoms with Crippen LogP contribution in [0, 0.1) is 10.1 Å². The summed E-state index contributed by atoms with van der Waals surface area (Å²) in [4.78, 5) is 35.5. The van der Waals surface area contributed by atoms with Crippen LogP contribution >= 0.6 is 0 Å². The highest BCUT2D eigenvalue weighted by molar-refractivity contribution is 6.08. The second-order valence-electron chi connectivity index (χ2n) is 6.32. The van der Waals surface area contributed by atoms with Crippen molar-refractivity contribution in [2.24, 2.45) is 0 Å². The van der Waals surface area contributed by atoms with Gasteiger partial charge in [-0.05, 0) is 30.3 Å². The normalized spacial score (nSPS) is 10.1. The van der Waals surface area contributed by atoms with Gasteiger partial charge in [0.1, 0.15) is 5.69 Å². The second kappa shape index (κ2) is 9.83. The highest BCUT2D eigenvalue weighted by atomic mass is 16.6. The number of amides is 2. The van der Waals surface area contributed by atoms with Crippen molar-refractivity contribution >= 4 is 28.9 Å². The highest BCUT2D eigenvalue weighted by Gasteiger charge is 2.14. The Morgan fingerprint density at radius 2 is 1.40 bits per heavy atom. The predicted octanol–water partition coefficient (Wildman–Crippen LogP) is 3.69. The number of carbonyl (C=O) groups excluding carboxylic acids is 2. The van der Waals surface area contributed by atoms with Crippen molar-refractivity contribution in [2.45, 2.75) is 0 Å². The summed E-state index contributed by atoms with van der Waals surface area (Å²) in [7, 11) is 0. The molecule has 0 saturated carbocycles. The van der Waals surface area contributed by atoms with Gasteiger partial charge in [0.2, 0.25) is 0 Å². The molecule has 0 heterocycles. The summed E-state index contributed by atoms with van der Waals surface area (Å²) < 4.78 is 0. The molecule has 2 amide bonds. The lowest BCUT2D eigenvalue weighted by molar-refractivity contribution is -0.384. The van der Waals surface area contributed by atoms with E-state index in [2.05, 4.69) is 16.0 Å². The van der Waals surface area contributed by atoms with Crippen LogP contribution in [0.1, 0.15) is 20.7 Å². The van der Waals surface area contributed by atoms with E-state index >= 15 is 0 Å². The molecule has 0 fully saturated rings. The highest BCUT2D eigenvalue weighted by Crippen LogP contribution is 2.22. The Balaban J connectivity index is 1.59. The summed E-state index contributed by atoms with van der Waals surface area (Å²) in [5.41, 5.74) is 1.56. The van der Waals surface area contributed by atoms with E-state index in [1.54, 1.807) is 66.7 Å². The van der Waals surface area contributed by atoms with Gasteiger partial charge in [-0.1, -0.05) is 42.5 Å². The molecule has 0 aliphatic rings. The molecule has 8 heteroatoms. The Morgan fingerprint density at radius 1 is 0.767 bits per heavy atom. The summed E-state index contributed by atoms with van der Waals surface area (Å²) in [6.07, 6.45) is 0. The van der Waals surface area contributed by atoms with Gasteiger partial charge in [0, 0.05) is 24.7 Å². The molecule has 0 radical (unpaired) electrons. The smallest absolute Gasteiger partial charge is 0.292 e. The van der Waals surface area contributed by atoms with Gasteiger partial charge in [0.05, 0.1) is 16.2 Å². The first kappa shape index (κ1) is 20.5. The van der Waals surface area contributed by atoms with Crippen LogP contribution in [0.25, 0.3) is 0 Å². The maximum Gasteiger partial charge on any atom is 0.292 e. The number of hydrogen-bond donors (Lipinski definition) is 3. The monoisotopic (exact) mass is 404 g/mol. The standard InChI is InChI=1S/C22H20N4O4/c27-21(16-8-2-1-3-9-16)25-18-11-5-4-10-17(18)22(28)24-15-14-23-19-12-6-7-13-20(19)26(29)30/h1-13,23H,14-15H2,(H,24,28)(H,25,27). The number of nitro benzene ring substituents is 1. The molecule has 152 valence electrons. The van der Waals surface area contributed by atoms with Crippen LogP contribution < -0.4 is 16.0 Å². The van der Waals surface area contributed by atoms with E-state index in [1.165, 1.54) is 6.07 Å². The van der Waals surface area contributed by atoms with Gasteiger partial charge >= 0.3 is 0 Å². The molecule has 0 aliphatic heterocycles. The van der Waals surface area contributed by atoms with E-state index in [0.717, 1.165) is 0 Å². The molecular formula is C22H20N4O4. The number of rotatable bonds is 8. The van der Waals surface area contributed by atoms with E-state index in [9.17, 15) is 19.7 Å². The molecule has 0 unspecified atom stereocenters. The number of nitro groups is 1. The number of para-hydroxylation sites is 3. The minimum atomic E-state index is -0.466. The minimum Gasteiger partial charge on any atom is -0.378 e. The Labute approximate surface area is 173 Å². The topological polar surface area (TPSA) is 113 Å². The van der Waals surface area contributed by atoms with E-state index < -0.39 is 4.92 Å². The number of carbonyl (C=O) groups is 2. The van der Waals surface area contributed by atoms with Gasteiger partial charge in [-0.15, -0.1) is 0 Å². The predicted molar refractivity (Wildman–Crippen MR) is 115 cm³/mol. The van der Waals surface area contributed by atoms with Gasteiger partial charge in [-0.3, -0.25) is 19.7 Å². The molecule has 0 aliphatic carbocycles. The fraction of sp³-hybridized carbons (Fsp3) is 0.0909. The molecule has 0 atom stereocenters. The van der Waals surface area contributed by atoms with Crippen molar-refractivity contribution < 1.29 is 14.5 Å². The molecule has 0 bridgehead atoms. The first-order valence-corrected chi connectivity index (χ1v) is 9.27. The summed E-state index contributed by atoms with van der Waals surface area (Å²) >= 11 is 0. The average Bonchev–Trinajstić information content (AvgIpc) is 2.77. The van der Waals surface area contributed by atoms with E-state index in [-0.39, 0.29) is 24.0 Å². The molecule has 30 heavy (non-hydrogen) atoms. The first-order valence-electron chi connectivity index (χ1n) is 9.27. The third kappa shape index (κ3) is 5.20. The lowest BCUT2D eigenvalue weighted by atomic mass is 10.1. The second-order valence-corrected chi connectivity index (χ2v) is 6.32. The lowest BCUT2D eigenvalue weighted by Crippen LogP contribution is -2.29. The van der Waals surface area contributed by atoms with Gasteiger partial charge in [-0.2, -0.15) is 0 Å². The van der Waals surface area contributed by atoms with E-state index in [1.807, 2.05) is 6.07 Å². The van der Waals surface area contributed by atoms with Crippen molar-refractivity contribution in [3.8, 4) is 0 Å². The van der Waals surface area contributed by atoms with Crippen molar-refractivity contribution in [2.75, 3.05) is 23.7 Å². The van der Waals surface area contributed by atoms with Gasteiger partial charge in [0.15, 0.2) is 0 Å². The minimum absolute atomic E-state index is 0.0298. The van der Waals surface area contributed by atoms with Crippen molar-refractivity contribution in [3.05, 3.63) is 100 Å². The van der Waals surface area contributed by atoms with Crippen LogP contribution in [0.2, 0.25) is 0 Å². The van der Waals surface area contributed by atoms with Crippen LogP contribution in [0.4, 0.5) is 17.1 Å². The Bertz CT molecular complexity index is 1050. The number of anilines is 2.